The lowest BCUT2D eigenvalue weighted by atomic mass is 10.2. The van der Waals surface area contributed by atoms with Gasteiger partial charge in [0.1, 0.15) is 0 Å². The van der Waals surface area contributed by atoms with Gasteiger partial charge in [0.05, 0.1) is 17.9 Å². The monoisotopic (exact) mass is 272 g/mol. The summed E-state index contributed by atoms with van der Waals surface area (Å²) in [7, 11) is 0. The Morgan fingerprint density at radius 3 is 2.65 bits per heavy atom. The number of ketones is 1. The van der Waals surface area contributed by atoms with Crippen LogP contribution in [0.3, 0.4) is 0 Å². The van der Waals surface area contributed by atoms with Crippen molar-refractivity contribution in [3.8, 4) is 0 Å². The van der Waals surface area contributed by atoms with Crippen LogP contribution in [0.15, 0.2) is 54.6 Å². The number of aromatic nitrogens is 2. The minimum absolute atomic E-state index is 0.281. The molecule has 0 saturated heterocycles. The molecule has 0 aliphatic heterocycles. The zero-order chi connectivity index (χ0) is 14.5. The summed E-state index contributed by atoms with van der Waals surface area (Å²) in [6, 6.07) is 8.67. The van der Waals surface area contributed by atoms with E-state index >= 15 is 0 Å². The van der Waals surface area contributed by atoms with Gasteiger partial charge in [0.15, 0.2) is 0 Å². The summed E-state index contributed by atoms with van der Waals surface area (Å²) in [6.45, 7) is 0.386. The number of allylic oxidation sites excluding steroid dienone is 1. The lowest BCUT2D eigenvalue weighted by Crippen LogP contribution is -2.10. The van der Waals surface area contributed by atoms with E-state index in [1.54, 1.807) is 35.2 Å². The number of carbonyl (C=O) groups is 2. The Kier molecular flexibility index (Phi) is 3.95. The van der Waals surface area contributed by atoms with E-state index in [9.17, 15) is 9.59 Å². The molecule has 102 valence electrons. The van der Waals surface area contributed by atoms with Crippen molar-refractivity contribution in [2.45, 2.75) is 6.54 Å². The molecule has 20 heavy (non-hydrogen) atoms. The van der Waals surface area contributed by atoms with Crippen LogP contribution >= 0.6 is 0 Å². The molecule has 2 heterocycles. The van der Waals surface area contributed by atoms with Crippen molar-refractivity contribution < 1.29 is 19.8 Å². The Morgan fingerprint density at radius 2 is 2.00 bits per heavy atom. The summed E-state index contributed by atoms with van der Waals surface area (Å²) in [4.78, 5) is 26.5. The summed E-state index contributed by atoms with van der Waals surface area (Å²) in [6.07, 6.45) is 4.02. The Morgan fingerprint density at radius 1 is 1.20 bits per heavy atom. The molecule has 6 heteroatoms. The number of hydrogen-bond donors (Lipinski definition) is 2. The minimum atomic E-state index is -1.54. The Bertz CT molecular complexity index is 659. The fourth-order valence-electron chi connectivity index (χ4n) is 1.70. The Hall–Kier alpha value is -2.89. The molecule has 0 amide bonds. The molecular weight excluding hydrogens is 260 g/mol. The van der Waals surface area contributed by atoms with Crippen molar-refractivity contribution in [2.75, 3.05) is 0 Å². The molecule has 0 saturated carbocycles. The van der Waals surface area contributed by atoms with Crippen LogP contribution in [-0.4, -0.2) is 31.5 Å². The van der Waals surface area contributed by atoms with Crippen LogP contribution in [-0.2, 0) is 11.3 Å². The van der Waals surface area contributed by atoms with Gasteiger partial charge in [0, 0.05) is 18.5 Å². The summed E-state index contributed by atoms with van der Waals surface area (Å²) < 4.78 is 1.64. The highest BCUT2D eigenvalue weighted by atomic mass is 16.4. The number of pyridine rings is 1. The zero-order valence-corrected chi connectivity index (χ0v) is 10.4. The first-order chi connectivity index (χ1) is 9.58. The topological polar surface area (TPSA) is 92.4 Å². The van der Waals surface area contributed by atoms with Crippen LogP contribution in [0.25, 0.3) is 0 Å². The predicted molar refractivity (Wildman–Crippen MR) is 70.4 cm³/mol. The van der Waals surface area contributed by atoms with Gasteiger partial charge in [-0.15, -0.1) is 0 Å². The summed E-state index contributed by atoms with van der Waals surface area (Å²) >= 11 is 0. The highest BCUT2D eigenvalue weighted by Gasteiger charge is 2.13. The van der Waals surface area contributed by atoms with Crippen LogP contribution in [0.1, 0.15) is 16.2 Å². The first-order valence-electron chi connectivity index (χ1n) is 5.81. The molecule has 6 nitrogen and oxygen atoms in total. The normalized spacial score (nSPS) is 11.3. The van der Waals surface area contributed by atoms with Gasteiger partial charge in [-0.25, -0.2) is 4.79 Å². The number of carboxylic acid groups (broad SMARTS) is 1. The minimum Gasteiger partial charge on any atom is -0.502 e. The van der Waals surface area contributed by atoms with E-state index in [1.807, 2.05) is 12.1 Å². The van der Waals surface area contributed by atoms with Crippen molar-refractivity contribution in [2.24, 2.45) is 0 Å². The van der Waals surface area contributed by atoms with Gasteiger partial charge in [-0.05, 0) is 24.3 Å². The summed E-state index contributed by atoms with van der Waals surface area (Å²) in [5.41, 5.74) is 1.05. The zero-order valence-electron chi connectivity index (χ0n) is 10.4. The molecule has 2 aromatic heterocycles. The van der Waals surface area contributed by atoms with Crippen LogP contribution in [0.2, 0.25) is 0 Å². The number of rotatable bonds is 5. The van der Waals surface area contributed by atoms with Gasteiger partial charge in [-0.1, -0.05) is 6.07 Å². The molecule has 0 fully saturated rings. The van der Waals surface area contributed by atoms with Crippen molar-refractivity contribution in [3.63, 3.8) is 0 Å². The van der Waals surface area contributed by atoms with Gasteiger partial charge in [-0.2, -0.15) is 0 Å². The van der Waals surface area contributed by atoms with Gasteiger partial charge >= 0.3 is 5.97 Å². The number of aliphatic hydroxyl groups excluding tert-OH is 1. The van der Waals surface area contributed by atoms with Crippen LogP contribution in [0.5, 0.6) is 0 Å². The van der Waals surface area contributed by atoms with Crippen molar-refractivity contribution in [1.29, 1.82) is 0 Å². The van der Waals surface area contributed by atoms with E-state index in [-0.39, 0.29) is 5.69 Å². The summed E-state index contributed by atoms with van der Waals surface area (Å²) in [5.74, 6) is -3.10. The van der Waals surface area contributed by atoms with E-state index < -0.39 is 17.5 Å². The average molecular weight is 272 g/mol. The van der Waals surface area contributed by atoms with Gasteiger partial charge in [0.2, 0.25) is 11.5 Å². The molecular formula is C14H12N2O4. The molecule has 2 aromatic rings. The second-order valence-corrected chi connectivity index (χ2v) is 4.04. The quantitative estimate of drug-likeness (QED) is 0.490. The van der Waals surface area contributed by atoms with E-state index in [0.717, 1.165) is 5.69 Å². The maximum Gasteiger partial charge on any atom is 0.371 e. The van der Waals surface area contributed by atoms with Crippen LogP contribution in [0, 0.1) is 0 Å². The third-order valence-corrected chi connectivity index (χ3v) is 2.63. The molecule has 0 aromatic carbocycles. The second kappa shape index (κ2) is 5.83. The molecule has 0 spiro atoms. The first kappa shape index (κ1) is 13.5. The van der Waals surface area contributed by atoms with E-state index in [0.29, 0.717) is 12.6 Å². The largest absolute Gasteiger partial charge is 0.502 e. The lowest BCUT2D eigenvalue weighted by molar-refractivity contribution is -0.135. The molecule has 0 radical (unpaired) electrons. The number of aliphatic hydroxyl groups is 1. The van der Waals surface area contributed by atoms with Gasteiger partial charge < -0.3 is 14.8 Å². The lowest BCUT2D eigenvalue weighted by Gasteiger charge is -2.06. The average Bonchev–Trinajstić information content (AvgIpc) is 2.88. The van der Waals surface area contributed by atoms with Crippen molar-refractivity contribution in [1.82, 2.24) is 9.55 Å². The maximum absolute atomic E-state index is 11.9. The van der Waals surface area contributed by atoms with Crippen molar-refractivity contribution in [3.05, 3.63) is 65.9 Å². The number of carboxylic acids is 1. The smallest absolute Gasteiger partial charge is 0.371 e. The Balaban J connectivity index is 2.23. The fraction of sp³-hybridized carbons (Fsp3) is 0.0714. The molecule has 0 aliphatic carbocycles. The SMILES string of the molecule is O=C(O)C(O)=CC(=O)c1cccn1Cc1ccccn1. The summed E-state index contributed by atoms with van der Waals surface area (Å²) in [5, 5.41) is 17.6. The van der Waals surface area contributed by atoms with Crippen LogP contribution in [0.4, 0.5) is 0 Å². The number of hydrogen-bond acceptors (Lipinski definition) is 4. The van der Waals surface area contributed by atoms with Crippen molar-refractivity contribution >= 4 is 11.8 Å². The number of nitrogens with zero attached hydrogens (tertiary/aromatic N) is 2. The third kappa shape index (κ3) is 3.11. The molecule has 0 bridgehead atoms. The molecule has 0 atom stereocenters. The molecule has 2 rings (SSSR count). The Labute approximate surface area is 114 Å². The molecule has 0 unspecified atom stereocenters. The molecule has 2 N–H and O–H groups in total. The van der Waals surface area contributed by atoms with Crippen LogP contribution < -0.4 is 0 Å². The third-order valence-electron chi connectivity index (χ3n) is 2.63. The number of aliphatic carboxylic acids is 1. The number of carbonyl (C=O) groups excluding carboxylic acids is 1. The van der Waals surface area contributed by atoms with Gasteiger partial charge in [0.25, 0.3) is 0 Å². The highest BCUT2D eigenvalue weighted by Crippen LogP contribution is 2.08. The fourth-order valence-corrected chi connectivity index (χ4v) is 1.70. The molecule has 0 aliphatic rings. The van der Waals surface area contributed by atoms with E-state index in [4.69, 9.17) is 10.2 Å². The van der Waals surface area contributed by atoms with Gasteiger partial charge in [-0.3, -0.25) is 9.78 Å². The standard InChI is InChI=1S/C14H12N2O4/c17-12(8-13(18)14(19)20)11-5-3-7-16(11)9-10-4-1-2-6-15-10/h1-8,18H,9H2,(H,19,20). The highest BCUT2D eigenvalue weighted by molar-refractivity contribution is 6.06. The first-order valence-corrected chi connectivity index (χ1v) is 5.81. The maximum atomic E-state index is 11.9. The van der Waals surface area contributed by atoms with E-state index in [1.165, 1.54) is 0 Å². The second-order valence-electron chi connectivity index (χ2n) is 4.04. The van der Waals surface area contributed by atoms with E-state index in [2.05, 4.69) is 4.98 Å². The predicted octanol–water partition coefficient (Wildman–Crippen LogP) is 1.64.